The van der Waals surface area contributed by atoms with E-state index in [2.05, 4.69) is 15.5 Å². The first-order chi connectivity index (χ1) is 7.09. The molecule has 1 aromatic rings. The van der Waals surface area contributed by atoms with Gasteiger partial charge in [-0.15, -0.1) is 10.2 Å². The van der Waals surface area contributed by atoms with Crippen LogP contribution in [0.1, 0.15) is 19.8 Å². The zero-order valence-corrected chi connectivity index (χ0v) is 8.91. The van der Waals surface area contributed by atoms with E-state index in [-0.39, 0.29) is 18.7 Å². The lowest BCUT2D eigenvalue weighted by Gasteiger charge is -2.10. The molecule has 0 aliphatic rings. The molecule has 0 saturated carbocycles. The number of hydrogen-bond donors (Lipinski definition) is 1. The van der Waals surface area contributed by atoms with Crippen LogP contribution in [0.25, 0.3) is 0 Å². The summed E-state index contributed by atoms with van der Waals surface area (Å²) in [5, 5.41) is 20.5. The Kier molecular flexibility index (Phi) is 4.17. The Labute approximate surface area is 90.3 Å². The molecule has 1 heterocycles. The van der Waals surface area contributed by atoms with Crippen molar-refractivity contribution in [2.24, 2.45) is 5.92 Å². The summed E-state index contributed by atoms with van der Waals surface area (Å²) >= 11 is 1.21. The lowest BCUT2D eigenvalue weighted by atomic mass is 10.1. The van der Waals surface area contributed by atoms with Crippen LogP contribution < -0.4 is 10.4 Å². The zero-order valence-electron chi connectivity index (χ0n) is 8.10. The second kappa shape index (κ2) is 5.40. The molecule has 15 heavy (non-hydrogen) atoms. The van der Waals surface area contributed by atoms with Crippen molar-refractivity contribution < 1.29 is 14.7 Å². The van der Waals surface area contributed by atoms with E-state index < -0.39 is 11.9 Å². The number of aliphatic carboxylic acids is 1. The van der Waals surface area contributed by atoms with Gasteiger partial charge in [-0.2, -0.15) is 0 Å². The standard InChI is InChI=1S/C8H11N3O3S/c1-5(7(13)14)2-3-6(12)10-8-11-9-4-15-8/h4-5H,2-3H2,1H3,(H,13,14)(H,10,11,12)/p-1. The van der Waals surface area contributed by atoms with Gasteiger partial charge in [0.25, 0.3) is 0 Å². The monoisotopic (exact) mass is 228 g/mol. The summed E-state index contributed by atoms with van der Waals surface area (Å²) in [6, 6.07) is 0. The van der Waals surface area contributed by atoms with E-state index in [9.17, 15) is 14.7 Å². The Balaban J connectivity index is 2.28. The average Bonchev–Trinajstić information content (AvgIpc) is 2.66. The molecule has 0 aromatic carbocycles. The van der Waals surface area contributed by atoms with Gasteiger partial charge in [0.2, 0.25) is 11.0 Å². The fourth-order valence-electron chi connectivity index (χ4n) is 0.875. The maximum atomic E-state index is 11.3. The third-order valence-corrected chi connectivity index (χ3v) is 2.42. The Morgan fingerprint density at radius 3 is 2.93 bits per heavy atom. The highest BCUT2D eigenvalue weighted by molar-refractivity contribution is 7.13. The van der Waals surface area contributed by atoms with Crippen molar-refractivity contribution in [1.29, 1.82) is 0 Å². The van der Waals surface area contributed by atoms with Gasteiger partial charge >= 0.3 is 0 Å². The second-order valence-corrected chi connectivity index (χ2v) is 3.88. The fraction of sp³-hybridized carbons (Fsp3) is 0.500. The minimum atomic E-state index is -1.14. The normalized spacial score (nSPS) is 12.1. The van der Waals surface area contributed by atoms with E-state index in [1.165, 1.54) is 23.8 Å². The summed E-state index contributed by atoms with van der Waals surface area (Å²) in [5.41, 5.74) is 1.50. The van der Waals surface area contributed by atoms with Crippen molar-refractivity contribution in [1.82, 2.24) is 10.2 Å². The molecule has 0 radical (unpaired) electrons. The van der Waals surface area contributed by atoms with Crippen LogP contribution in [0.2, 0.25) is 0 Å². The van der Waals surface area contributed by atoms with Gasteiger partial charge in [0.05, 0.1) is 0 Å². The summed E-state index contributed by atoms with van der Waals surface area (Å²) in [5.74, 6) is -2.02. The first kappa shape index (κ1) is 11.6. The van der Waals surface area contributed by atoms with Crippen LogP contribution in [0.4, 0.5) is 5.13 Å². The fourth-order valence-corrected chi connectivity index (χ4v) is 1.34. The topological polar surface area (TPSA) is 95.0 Å². The Morgan fingerprint density at radius 1 is 1.67 bits per heavy atom. The Morgan fingerprint density at radius 2 is 2.40 bits per heavy atom. The molecule has 0 bridgehead atoms. The van der Waals surface area contributed by atoms with E-state index >= 15 is 0 Å². The first-order valence-electron chi connectivity index (χ1n) is 4.36. The molecule has 0 saturated heterocycles. The number of rotatable bonds is 5. The van der Waals surface area contributed by atoms with Gasteiger partial charge in [-0.05, 0) is 12.3 Å². The molecule has 6 nitrogen and oxygen atoms in total. The van der Waals surface area contributed by atoms with Crippen molar-refractivity contribution in [2.75, 3.05) is 5.32 Å². The van der Waals surface area contributed by atoms with Gasteiger partial charge in [0.15, 0.2) is 0 Å². The van der Waals surface area contributed by atoms with Gasteiger partial charge in [-0.25, -0.2) is 0 Å². The van der Waals surface area contributed by atoms with Gasteiger partial charge in [0, 0.05) is 12.4 Å². The van der Waals surface area contributed by atoms with E-state index in [0.717, 1.165) is 0 Å². The first-order valence-corrected chi connectivity index (χ1v) is 5.24. The predicted molar refractivity (Wildman–Crippen MR) is 51.9 cm³/mol. The molecule has 82 valence electrons. The maximum Gasteiger partial charge on any atom is 0.226 e. The predicted octanol–water partition coefficient (Wildman–Crippen LogP) is -0.357. The number of nitrogens with zero attached hydrogens (tertiary/aromatic N) is 2. The lowest BCUT2D eigenvalue weighted by molar-refractivity contribution is -0.311. The van der Waals surface area contributed by atoms with Crippen molar-refractivity contribution in [3.8, 4) is 0 Å². The molecule has 1 unspecified atom stereocenters. The van der Waals surface area contributed by atoms with Crippen LogP contribution >= 0.6 is 11.3 Å². The van der Waals surface area contributed by atoms with E-state index in [1.54, 1.807) is 0 Å². The van der Waals surface area contributed by atoms with E-state index in [1.807, 2.05) is 0 Å². The lowest BCUT2D eigenvalue weighted by Crippen LogP contribution is -2.30. The summed E-state index contributed by atoms with van der Waals surface area (Å²) in [4.78, 5) is 21.6. The Hall–Kier alpha value is -1.50. The number of nitrogens with one attached hydrogen (secondary N) is 1. The number of carbonyl (C=O) groups is 2. The van der Waals surface area contributed by atoms with E-state index in [0.29, 0.717) is 5.13 Å². The second-order valence-electron chi connectivity index (χ2n) is 3.05. The number of amides is 1. The summed E-state index contributed by atoms with van der Waals surface area (Å²) < 4.78 is 0. The molecule has 0 spiro atoms. The molecule has 0 fully saturated rings. The number of anilines is 1. The number of carbonyl (C=O) groups excluding carboxylic acids is 2. The van der Waals surface area contributed by atoms with Crippen LogP contribution in [-0.2, 0) is 9.59 Å². The molecule has 7 heteroatoms. The van der Waals surface area contributed by atoms with Crippen LogP contribution in [0, 0.1) is 5.92 Å². The van der Waals surface area contributed by atoms with Gasteiger partial charge < -0.3 is 15.2 Å². The quantitative estimate of drug-likeness (QED) is 0.742. The molecule has 1 N–H and O–H groups in total. The highest BCUT2D eigenvalue weighted by Gasteiger charge is 2.08. The van der Waals surface area contributed by atoms with Crippen molar-refractivity contribution in [3.63, 3.8) is 0 Å². The number of carboxylic acids is 1. The number of hydrogen-bond acceptors (Lipinski definition) is 6. The van der Waals surface area contributed by atoms with E-state index in [4.69, 9.17) is 0 Å². The summed E-state index contributed by atoms with van der Waals surface area (Å²) in [6.07, 6.45) is 0.391. The average molecular weight is 228 g/mol. The van der Waals surface area contributed by atoms with Crippen LogP contribution in [0.3, 0.4) is 0 Å². The third-order valence-electron chi connectivity index (χ3n) is 1.81. The minimum Gasteiger partial charge on any atom is -0.550 e. The molecule has 0 aliphatic heterocycles. The molecular weight excluding hydrogens is 218 g/mol. The van der Waals surface area contributed by atoms with Gasteiger partial charge in [-0.1, -0.05) is 18.3 Å². The van der Waals surface area contributed by atoms with Gasteiger partial charge in [0.1, 0.15) is 5.51 Å². The van der Waals surface area contributed by atoms with Crippen molar-refractivity contribution in [3.05, 3.63) is 5.51 Å². The third kappa shape index (κ3) is 4.03. The van der Waals surface area contributed by atoms with Crippen LogP contribution in [-0.4, -0.2) is 22.1 Å². The molecule has 1 amide bonds. The molecular formula is C8H10N3O3S-. The molecule has 1 aromatic heterocycles. The zero-order chi connectivity index (χ0) is 11.3. The van der Waals surface area contributed by atoms with Crippen LogP contribution in [0.15, 0.2) is 5.51 Å². The van der Waals surface area contributed by atoms with Crippen LogP contribution in [0.5, 0.6) is 0 Å². The number of carboxylic acid groups (broad SMARTS) is 1. The van der Waals surface area contributed by atoms with Crippen molar-refractivity contribution >= 4 is 28.3 Å². The minimum absolute atomic E-state index is 0.134. The maximum absolute atomic E-state index is 11.3. The SMILES string of the molecule is CC(CCC(=O)Nc1nncs1)C(=O)[O-]. The summed E-state index contributed by atoms with van der Waals surface area (Å²) in [7, 11) is 0. The van der Waals surface area contributed by atoms with Crippen molar-refractivity contribution in [2.45, 2.75) is 19.8 Å². The number of aromatic nitrogens is 2. The largest absolute Gasteiger partial charge is 0.550 e. The molecule has 1 atom stereocenters. The van der Waals surface area contributed by atoms with Gasteiger partial charge in [-0.3, -0.25) is 4.79 Å². The Bertz CT molecular complexity index is 339. The molecule has 1 rings (SSSR count). The highest BCUT2D eigenvalue weighted by atomic mass is 32.1. The summed E-state index contributed by atoms with van der Waals surface area (Å²) in [6.45, 7) is 1.51. The highest BCUT2D eigenvalue weighted by Crippen LogP contribution is 2.10. The molecule has 0 aliphatic carbocycles. The smallest absolute Gasteiger partial charge is 0.226 e.